The monoisotopic (exact) mass is 318 g/mol. The third kappa shape index (κ3) is 5.03. The molecule has 0 aliphatic heterocycles. The number of rotatable bonds is 9. The molecule has 1 aromatic carbocycles. The first-order valence-electron chi connectivity index (χ1n) is 6.88. The van der Waals surface area contributed by atoms with Gasteiger partial charge in [0.2, 0.25) is 10.0 Å². The lowest BCUT2D eigenvalue weighted by Crippen LogP contribution is -2.30. The highest BCUT2D eigenvalue weighted by Gasteiger charge is 2.21. The van der Waals surface area contributed by atoms with Crippen LogP contribution in [0.25, 0.3) is 0 Å². The van der Waals surface area contributed by atoms with Crippen molar-refractivity contribution in [3.8, 4) is 0 Å². The summed E-state index contributed by atoms with van der Waals surface area (Å²) in [5.74, 6) is -0.405. The van der Waals surface area contributed by atoms with Crippen molar-refractivity contribution in [3.63, 3.8) is 0 Å². The second kappa shape index (κ2) is 8.43. The van der Waals surface area contributed by atoms with Gasteiger partial charge >= 0.3 is 0 Å². The highest BCUT2D eigenvalue weighted by Crippen LogP contribution is 2.18. The van der Waals surface area contributed by atoms with E-state index in [2.05, 4.69) is 5.32 Å². The van der Waals surface area contributed by atoms with Gasteiger partial charge in [-0.25, -0.2) is 12.8 Å². The smallest absolute Gasteiger partial charge is 0.242 e. The molecule has 0 unspecified atom stereocenters. The number of methoxy groups -OCH3 is 1. The summed E-state index contributed by atoms with van der Waals surface area (Å²) in [4.78, 5) is 0.0933. The molecule has 0 fully saturated rings. The zero-order chi connectivity index (χ0) is 15.9. The van der Waals surface area contributed by atoms with Crippen LogP contribution < -0.4 is 5.32 Å². The van der Waals surface area contributed by atoms with Gasteiger partial charge in [-0.15, -0.1) is 0 Å². The molecule has 1 aromatic rings. The fourth-order valence-corrected chi connectivity index (χ4v) is 2.97. The predicted molar refractivity (Wildman–Crippen MR) is 80.1 cm³/mol. The van der Waals surface area contributed by atoms with E-state index < -0.39 is 15.8 Å². The summed E-state index contributed by atoms with van der Waals surface area (Å²) < 4.78 is 44.5. The van der Waals surface area contributed by atoms with Gasteiger partial charge in [-0.1, -0.05) is 6.92 Å². The molecule has 0 atom stereocenters. The molecule has 0 aromatic heterocycles. The average Bonchev–Trinajstić information content (AvgIpc) is 2.46. The van der Waals surface area contributed by atoms with E-state index in [9.17, 15) is 12.8 Å². The van der Waals surface area contributed by atoms with Crippen molar-refractivity contribution in [1.82, 2.24) is 9.62 Å². The molecule has 0 radical (unpaired) electrons. The number of ether oxygens (including phenoxy) is 1. The van der Waals surface area contributed by atoms with Crippen LogP contribution in [0.1, 0.15) is 18.9 Å². The van der Waals surface area contributed by atoms with Crippen molar-refractivity contribution < 1.29 is 17.5 Å². The summed E-state index contributed by atoms with van der Waals surface area (Å²) in [6.07, 6.45) is 0.930. The van der Waals surface area contributed by atoms with Gasteiger partial charge in [0, 0.05) is 32.8 Å². The summed E-state index contributed by atoms with van der Waals surface area (Å²) >= 11 is 0. The lowest BCUT2D eigenvalue weighted by Gasteiger charge is -2.17. The molecule has 0 heterocycles. The summed E-state index contributed by atoms with van der Waals surface area (Å²) in [6, 6.07) is 3.87. The number of nitrogens with one attached hydrogen (secondary N) is 1. The Morgan fingerprint density at radius 3 is 2.71 bits per heavy atom. The van der Waals surface area contributed by atoms with Gasteiger partial charge in [-0.3, -0.25) is 0 Å². The topological polar surface area (TPSA) is 58.6 Å². The number of benzene rings is 1. The van der Waals surface area contributed by atoms with Gasteiger partial charge in [0.25, 0.3) is 0 Å². The number of sulfonamides is 1. The molecule has 0 amide bonds. The van der Waals surface area contributed by atoms with Crippen LogP contribution in [0.2, 0.25) is 0 Å². The third-order valence-electron chi connectivity index (χ3n) is 3.08. The van der Waals surface area contributed by atoms with E-state index >= 15 is 0 Å². The quantitative estimate of drug-likeness (QED) is 0.703. The molecule has 1 rings (SSSR count). The van der Waals surface area contributed by atoms with Crippen LogP contribution in [0.15, 0.2) is 23.1 Å². The Hall–Kier alpha value is -1.02. The van der Waals surface area contributed by atoms with Gasteiger partial charge < -0.3 is 10.1 Å². The van der Waals surface area contributed by atoms with Gasteiger partial charge in [0.1, 0.15) is 5.82 Å². The molecule has 0 spiro atoms. The van der Waals surface area contributed by atoms with Crippen molar-refractivity contribution in [3.05, 3.63) is 29.6 Å². The lowest BCUT2D eigenvalue weighted by atomic mass is 10.2. The average molecular weight is 318 g/mol. The van der Waals surface area contributed by atoms with Gasteiger partial charge in [0.15, 0.2) is 0 Å². The summed E-state index contributed by atoms with van der Waals surface area (Å²) in [7, 11) is -0.634. The Morgan fingerprint density at radius 1 is 1.38 bits per heavy atom. The molecule has 0 aliphatic carbocycles. The molecule has 7 heteroatoms. The summed E-state index contributed by atoms with van der Waals surface area (Å²) in [5, 5.41) is 3.07. The maximum absolute atomic E-state index is 13.7. The number of nitrogens with zero attached hydrogens (tertiary/aromatic N) is 1. The van der Waals surface area contributed by atoms with E-state index in [0.29, 0.717) is 18.7 Å². The lowest BCUT2D eigenvalue weighted by molar-refractivity contribution is 0.185. The van der Waals surface area contributed by atoms with Gasteiger partial charge in [-0.05, 0) is 31.2 Å². The maximum atomic E-state index is 13.7. The predicted octanol–water partition coefficient (Wildman–Crippen LogP) is 1.59. The van der Waals surface area contributed by atoms with E-state index in [1.807, 2.05) is 6.92 Å². The molecule has 21 heavy (non-hydrogen) atoms. The minimum absolute atomic E-state index is 0.0933. The zero-order valence-electron chi connectivity index (χ0n) is 12.7. The molecule has 0 aliphatic rings. The van der Waals surface area contributed by atoms with Crippen LogP contribution in [-0.4, -0.2) is 46.6 Å². The Balaban J connectivity index is 2.94. The fourth-order valence-electron chi connectivity index (χ4n) is 1.77. The minimum atomic E-state index is -3.62. The second-order valence-electron chi connectivity index (χ2n) is 4.75. The third-order valence-corrected chi connectivity index (χ3v) is 4.93. The van der Waals surface area contributed by atoms with Gasteiger partial charge in [0.05, 0.1) is 11.5 Å². The largest absolute Gasteiger partial charge is 0.383 e. The first-order chi connectivity index (χ1) is 9.93. The molecule has 0 bridgehead atoms. The molecule has 120 valence electrons. The standard InChI is InChI=1S/C14H23FN2O3S/c1-4-7-16-11-12-10-13(5-6-14(12)15)21(18,19)17(2)8-9-20-3/h5-6,10,16H,4,7-9,11H2,1-3H3. The van der Waals surface area contributed by atoms with Crippen LogP contribution >= 0.6 is 0 Å². The van der Waals surface area contributed by atoms with Crippen LogP contribution in [0.5, 0.6) is 0 Å². The van der Waals surface area contributed by atoms with Crippen molar-refractivity contribution in [2.75, 3.05) is 33.9 Å². The molecule has 0 saturated heterocycles. The summed E-state index contributed by atoms with van der Waals surface area (Å²) in [5.41, 5.74) is 0.352. The van der Waals surface area contributed by atoms with E-state index in [-0.39, 0.29) is 11.4 Å². The Labute approximate surface area is 126 Å². The SMILES string of the molecule is CCCNCc1cc(S(=O)(=O)N(C)CCOC)ccc1F. The molecule has 1 N–H and O–H groups in total. The zero-order valence-corrected chi connectivity index (χ0v) is 13.5. The van der Waals surface area contributed by atoms with Crippen LogP contribution in [0.4, 0.5) is 4.39 Å². The van der Waals surface area contributed by atoms with Crippen molar-refractivity contribution in [2.24, 2.45) is 0 Å². The van der Waals surface area contributed by atoms with E-state index in [0.717, 1.165) is 13.0 Å². The fraction of sp³-hybridized carbons (Fsp3) is 0.571. The minimum Gasteiger partial charge on any atom is -0.383 e. The first-order valence-corrected chi connectivity index (χ1v) is 8.32. The Kier molecular flexibility index (Phi) is 7.24. The van der Waals surface area contributed by atoms with Crippen molar-refractivity contribution in [2.45, 2.75) is 24.8 Å². The van der Waals surface area contributed by atoms with Crippen LogP contribution in [0, 0.1) is 5.82 Å². The second-order valence-corrected chi connectivity index (χ2v) is 6.79. The number of hydrogen-bond acceptors (Lipinski definition) is 4. The molecule has 5 nitrogen and oxygen atoms in total. The normalized spacial score (nSPS) is 12.0. The Bertz CT molecular complexity index is 549. The highest BCUT2D eigenvalue weighted by atomic mass is 32.2. The molecular formula is C14H23FN2O3S. The highest BCUT2D eigenvalue weighted by molar-refractivity contribution is 7.89. The summed E-state index contributed by atoms with van der Waals surface area (Å²) in [6.45, 7) is 3.63. The molecule has 0 saturated carbocycles. The van der Waals surface area contributed by atoms with E-state index in [1.165, 1.54) is 36.7 Å². The van der Waals surface area contributed by atoms with E-state index in [1.54, 1.807) is 0 Å². The van der Waals surface area contributed by atoms with Crippen molar-refractivity contribution >= 4 is 10.0 Å². The number of halogens is 1. The maximum Gasteiger partial charge on any atom is 0.242 e. The Morgan fingerprint density at radius 2 is 2.10 bits per heavy atom. The van der Waals surface area contributed by atoms with Crippen LogP contribution in [0.3, 0.4) is 0 Å². The van der Waals surface area contributed by atoms with Gasteiger partial charge in [-0.2, -0.15) is 4.31 Å². The number of hydrogen-bond donors (Lipinski definition) is 1. The van der Waals surface area contributed by atoms with Crippen molar-refractivity contribution in [1.29, 1.82) is 0 Å². The van der Waals surface area contributed by atoms with E-state index in [4.69, 9.17) is 4.74 Å². The number of likely N-dealkylation sites (N-methyl/N-ethyl adjacent to an activating group) is 1. The van der Waals surface area contributed by atoms with Crippen LogP contribution in [-0.2, 0) is 21.3 Å². The molecular weight excluding hydrogens is 295 g/mol. The first kappa shape index (κ1) is 18.0.